The van der Waals surface area contributed by atoms with Crippen LogP contribution in [0.5, 0.6) is 5.75 Å². The van der Waals surface area contributed by atoms with Crippen LogP contribution in [0.4, 0.5) is 24.5 Å². The molecule has 78 valence electrons. The highest BCUT2D eigenvalue weighted by Gasteiger charge is 2.32. The number of nitrogen functional groups attached to an aromatic ring is 2. The van der Waals surface area contributed by atoms with Gasteiger partial charge in [0.15, 0.2) is 5.75 Å². The second-order valence-electron chi connectivity index (χ2n) is 2.46. The van der Waals surface area contributed by atoms with E-state index in [0.717, 1.165) is 6.07 Å². The highest BCUT2D eigenvalue weighted by Crippen LogP contribution is 2.34. The summed E-state index contributed by atoms with van der Waals surface area (Å²) in [6.45, 7) is 0. The van der Waals surface area contributed by atoms with E-state index in [1.807, 2.05) is 0 Å². The van der Waals surface area contributed by atoms with E-state index in [2.05, 4.69) is 20.7 Å². The van der Waals surface area contributed by atoms with Gasteiger partial charge in [-0.15, -0.1) is 13.2 Å². The number of rotatable bonds is 1. The molecule has 0 unspecified atom stereocenters. The van der Waals surface area contributed by atoms with Crippen molar-refractivity contribution in [2.45, 2.75) is 6.36 Å². The first kappa shape index (κ1) is 11.0. The Hall–Kier alpha value is -1.11. The third-order valence-electron chi connectivity index (χ3n) is 1.35. The van der Waals surface area contributed by atoms with Gasteiger partial charge in [0.25, 0.3) is 0 Å². The smallest absolute Gasteiger partial charge is 0.404 e. The van der Waals surface area contributed by atoms with Crippen LogP contribution < -0.4 is 16.2 Å². The average Bonchev–Trinajstić information content (AvgIpc) is 1.97. The second kappa shape index (κ2) is 3.56. The Morgan fingerprint density at radius 3 is 2.21 bits per heavy atom. The maximum absolute atomic E-state index is 11.8. The van der Waals surface area contributed by atoms with E-state index in [4.69, 9.17) is 11.5 Å². The van der Waals surface area contributed by atoms with Crippen molar-refractivity contribution in [3.8, 4) is 5.75 Å². The lowest BCUT2D eigenvalue weighted by molar-refractivity contribution is -0.274. The van der Waals surface area contributed by atoms with Crippen LogP contribution in [0.25, 0.3) is 0 Å². The monoisotopic (exact) mass is 270 g/mol. The van der Waals surface area contributed by atoms with Crippen LogP contribution >= 0.6 is 15.9 Å². The average molecular weight is 271 g/mol. The number of ether oxygens (including phenoxy) is 1. The Bertz CT molecular complexity index is 354. The molecule has 0 saturated heterocycles. The molecule has 0 aliphatic heterocycles. The van der Waals surface area contributed by atoms with Gasteiger partial charge in [0.1, 0.15) is 0 Å². The first-order chi connectivity index (χ1) is 6.29. The molecule has 1 rings (SSSR count). The van der Waals surface area contributed by atoms with E-state index in [-0.39, 0.29) is 11.4 Å². The van der Waals surface area contributed by atoms with E-state index in [1.165, 1.54) is 6.07 Å². The van der Waals surface area contributed by atoms with Gasteiger partial charge >= 0.3 is 6.36 Å². The molecule has 0 aliphatic rings. The quantitative estimate of drug-likeness (QED) is 0.771. The summed E-state index contributed by atoms with van der Waals surface area (Å²) in [4.78, 5) is 0. The second-order valence-corrected chi connectivity index (χ2v) is 3.31. The summed E-state index contributed by atoms with van der Waals surface area (Å²) in [5.74, 6) is -0.502. The van der Waals surface area contributed by atoms with Gasteiger partial charge in [0, 0.05) is 16.2 Å². The van der Waals surface area contributed by atoms with Gasteiger partial charge in [-0.1, -0.05) is 0 Å². The van der Waals surface area contributed by atoms with Gasteiger partial charge in [-0.2, -0.15) is 0 Å². The van der Waals surface area contributed by atoms with E-state index in [0.29, 0.717) is 4.47 Å². The predicted molar refractivity (Wildman–Crippen MR) is 49.6 cm³/mol. The Morgan fingerprint density at radius 2 is 1.71 bits per heavy atom. The molecular weight excluding hydrogens is 265 g/mol. The van der Waals surface area contributed by atoms with Crippen LogP contribution in [-0.4, -0.2) is 6.36 Å². The predicted octanol–water partition coefficient (Wildman–Crippen LogP) is 2.51. The minimum atomic E-state index is -4.77. The van der Waals surface area contributed by atoms with Gasteiger partial charge in [0.2, 0.25) is 0 Å². The van der Waals surface area contributed by atoms with Crippen LogP contribution in [0, 0.1) is 0 Å². The maximum atomic E-state index is 11.8. The maximum Gasteiger partial charge on any atom is 0.573 e. The number of halogens is 4. The Kier molecular flexibility index (Phi) is 2.79. The van der Waals surface area contributed by atoms with Crippen molar-refractivity contribution < 1.29 is 17.9 Å². The highest BCUT2D eigenvalue weighted by molar-refractivity contribution is 9.10. The third kappa shape index (κ3) is 2.69. The molecule has 1 aromatic rings. The minimum Gasteiger partial charge on any atom is -0.404 e. The molecule has 1 aromatic carbocycles. The molecule has 4 N–H and O–H groups in total. The molecule has 0 spiro atoms. The molecule has 0 radical (unpaired) electrons. The highest BCUT2D eigenvalue weighted by atomic mass is 79.9. The zero-order valence-corrected chi connectivity index (χ0v) is 8.32. The summed E-state index contributed by atoms with van der Waals surface area (Å²) >= 11 is 3.02. The minimum absolute atomic E-state index is 0.124. The van der Waals surface area contributed by atoms with Crippen molar-refractivity contribution in [2.75, 3.05) is 11.5 Å². The van der Waals surface area contributed by atoms with Crippen LogP contribution in [0.1, 0.15) is 0 Å². The molecule has 0 amide bonds. The summed E-state index contributed by atoms with van der Waals surface area (Å²) in [6.07, 6.45) is -4.77. The fourth-order valence-electron chi connectivity index (χ4n) is 0.798. The normalized spacial score (nSPS) is 11.4. The van der Waals surface area contributed by atoms with Crippen LogP contribution in [-0.2, 0) is 0 Å². The summed E-state index contributed by atoms with van der Waals surface area (Å²) in [5.41, 5.74) is 10.6. The Morgan fingerprint density at radius 1 is 1.14 bits per heavy atom. The van der Waals surface area contributed by atoms with E-state index in [9.17, 15) is 13.2 Å². The van der Waals surface area contributed by atoms with Crippen molar-refractivity contribution in [1.82, 2.24) is 0 Å². The summed E-state index contributed by atoms with van der Waals surface area (Å²) in [7, 11) is 0. The molecule has 14 heavy (non-hydrogen) atoms. The van der Waals surface area contributed by atoms with Gasteiger partial charge in [-0.25, -0.2) is 0 Å². The number of hydrogen-bond acceptors (Lipinski definition) is 3. The zero-order chi connectivity index (χ0) is 10.9. The standard InChI is InChI=1S/C7H6BrF3N2O/c8-3-1-5(13)6(2-4(3)12)14-7(9,10)11/h1-2H,12-13H2. The molecule has 0 heterocycles. The fourth-order valence-corrected chi connectivity index (χ4v) is 1.16. The molecule has 3 nitrogen and oxygen atoms in total. The number of anilines is 2. The largest absolute Gasteiger partial charge is 0.573 e. The summed E-state index contributed by atoms with van der Waals surface area (Å²) in [6, 6.07) is 2.25. The first-order valence-corrected chi connectivity index (χ1v) is 4.19. The molecule has 0 aliphatic carbocycles. The molecule has 0 atom stereocenters. The van der Waals surface area contributed by atoms with Crippen LogP contribution in [0.15, 0.2) is 16.6 Å². The number of alkyl halides is 3. The molecule has 7 heteroatoms. The first-order valence-electron chi connectivity index (χ1n) is 3.40. The molecule has 0 saturated carbocycles. The van der Waals surface area contributed by atoms with Crippen molar-refractivity contribution >= 4 is 27.3 Å². The van der Waals surface area contributed by atoms with E-state index >= 15 is 0 Å². The van der Waals surface area contributed by atoms with Crippen molar-refractivity contribution in [3.63, 3.8) is 0 Å². The number of hydrogen-bond donors (Lipinski definition) is 2. The van der Waals surface area contributed by atoms with Gasteiger partial charge in [-0.05, 0) is 22.0 Å². The Labute approximate surface area is 86.0 Å². The van der Waals surface area contributed by atoms with Gasteiger partial charge in [-0.3, -0.25) is 0 Å². The molecule has 0 fully saturated rings. The molecule has 0 aromatic heterocycles. The number of nitrogens with two attached hydrogens (primary N) is 2. The topological polar surface area (TPSA) is 61.3 Å². The lowest BCUT2D eigenvalue weighted by Gasteiger charge is -2.12. The third-order valence-corrected chi connectivity index (χ3v) is 2.04. The zero-order valence-electron chi connectivity index (χ0n) is 6.73. The number of benzene rings is 1. The van der Waals surface area contributed by atoms with Crippen molar-refractivity contribution in [3.05, 3.63) is 16.6 Å². The Balaban J connectivity index is 3.04. The summed E-state index contributed by atoms with van der Waals surface area (Å²) < 4.78 is 39.5. The van der Waals surface area contributed by atoms with Crippen molar-refractivity contribution in [2.24, 2.45) is 0 Å². The van der Waals surface area contributed by atoms with Crippen molar-refractivity contribution in [1.29, 1.82) is 0 Å². The van der Waals surface area contributed by atoms with E-state index in [1.54, 1.807) is 0 Å². The fraction of sp³-hybridized carbons (Fsp3) is 0.143. The van der Waals surface area contributed by atoms with Gasteiger partial charge in [0.05, 0.1) is 5.69 Å². The SMILES string of the molecule is Nc1cc(OC(F)(F)F)c(N)cc1Br. The van der Waals surface area contributed by atoms with Gasteiger partial charge < -0.3 is 16.2 Å². The van der Waals surface area contributed by atoms with E-state index < -0.39 is 12.1 Å². The molecule has 0 bridgehead atoms. The van der Waals surface area contributed by atoms with Crippen LogP contribution in [0.3, 0.4) is 0 Å². The lowest BCUT2D eigenvalue weighted by atomic mass is 10.2. The van der Waals surface area contributed by atoms with Crippen LogP contribution in [0.2, 0.25) is 0 Å². The molecular formula is C7H6BrF3N2O. The lowest BCUT2D eigenvalue weighted by Crippen LogP contribution is -2.18. The summed E-state index contributed by atoms with van der Waals surface area (Å²) in [5, 5.41) is 0.